The molecule has 5 aliphatic carbocycles. The molecule has 4 heteroatoms. The third kappa shape index (κ3) is 3.01. The molecule has 35 heavy (non-hydrogen) atoms. The Morgan fingerprint density at radius 2 is 1.57 bits per heavy atom. The number of rotatable bonds is 1. The molecule has 3 fully saturated rings. The third-order valence-electron chi connectivity index (χ3n) is 12.6. The van der Waals surface area contributed by atoms with E-state index in [1.807, 2.05) is 13.0 Å². The van der Waals surface area contributed by atoms with Gasteiger partial charge in [-0.1, -0.05) is 47.6 Å². The van der Waals surface area contributed by atoms with E-state index in [0.717, 1.165) is 51.4 Å². The van der Waals surface area contributed by atoms with E-state index < -0.39 is 5.41 Å². The minimum Gasteiger partial charge on any atom is -0.468 e. The zero-order chi connectivity index (χ0) is 25.8. The predicted molar refractivity (Wildman–Crippen MR) is 137 cm³/mol. The lowest BCUT2D eigenvalue weighted by molar-refractivity contribution is -0.197. The quantitative estimate of drug-likeness (QED) is 0.438. The number of fused-ring (bicyclic) bond motifs is 7. The topological polar surface area (TPSA) is 63.6 Å². The highest BCUT2D eigenvalue weighted by molar-refractivity contribution is 5.96. The van der Waals surface area contributed by atoms with Crippen LogP contribution in [0, 0.1) is 44.3 Å². The zero-order valence-electron chi connectivity index (χ0n) is 23.2. The van der Waals surface area contributed by atoms with E-state index in [9.17, 15) is 14.7 Å². The van der Waals surface area contributed by atoms with Crippen LogP contribution in [-0.4, -0.2) is 30.1 Å². The van der Waals surface area contributed by atoms with Crippen molar-refractivity contribution in [3.8, 4) is 0 Å². The van der Waals surface area contributed by atoms with Crippen molar-refractivity contribution in [2.75, 3.05) is 7.11 Å². The average Bonchev–Trinajstić information content (AvgIpc) is 2.78. The van der Waals surface area contributed by atoms with Crippen molar-refractivity contribution in [2.24, 2.45) is 44.3 Å². The molecule has 0 heterocycles. The molecule has 0 aromatic heterocycles. The summed E-state index contributed by atoms with van der Waals surface area (Å²) in [6, 6.07) is 0. The molecule has 0 aliphatic heterocycles. The lowest BCUT2D eigenvalue weighted by Gasteiger charge is -2.69. The number of ketones is 1. The Morgan fingerprint density at radius 1 is 0.914 bits per heavy atom. The smallest absolute Gasteiger partial charge is 0.315 e. The van der Waals surface area contributed by atoms with E-state index in [-0.39, 0.29) is 50.8 Å². The molecule has 5 rings (SSSR count). The molecule has 0 spiro atoms. The summed E-state index contributed by atoms with van der Waals surface area (Å²) in [5.41, 5.74) is 1.24. The number of hydrogen-bond donors (Lipinski definition) is 1. The molecule has 0 saturated heterocycles. The lowest BCUT2D eigenvalue weighted by atomic mass is 9.34. The van der Waals surface area contributed by atoms with Crippen molar-refractivity contribution in [2.45, 2.75) is 106 Å². The molecule has 4 nitrogen and oxygen atoms in total. The summed E-state index contributed by atoms with van der Waals surface area (Å²) in [4.78, 5) is 27.0. The van der Waals surface area contributed by atoms with Crippen molar-refractivity contribution in [3.05, 3.63) is 23.3 Å². The number of aliphatic hydroxyl groups excluding tert-OH is 1. The number of carbonyl (C=O) groups is 2. The van der Waals surface area contributed by atoms with Crippen LogP contribution in [0.1, 0.15) is 99.8 Å². The zero-order valence-corrected chi connectivity index (χ0v) is 23.2. The first kappa shape index (κ1) is 25.2. The van der Waals surface area contributed by atoms with Gasteiger partial charge >= 0.3 is 5.97 Å². The van der Waals surface area contributed by atoms with E-state index in [4.69, 9.17) is 4.74 Å². The van der Waals surface area contributed by atoms with E-state index in [1.165, 1.54) is 18.3 Å². The Morgan fingerprint density at radius 3 is 2.23 bits per heavy atom. The fraction of sp³-hybridized carbons (Fsp3) is 0.806. The van der Waals surface area contributed by atoms with Crippen LogP contribution in [0.3, 0.4) is 0 Å². The second kappa shape index (κ2) is 7.33. The molecule has 0 unspecified atom stereocenters. The van der Waals surface area contributed by atoms with E-state index in [1.54, 1.807) is 0 Å². The van der Waals surface area contributed by atoms with Gasteiger partial charge in [0.1, 0.15) is 0 Å². The first-order valence-corrected chi connectivity index (χ1v) is 13.9. The van der Waals surface area contributed by atoms with Gasteiger partial charge in [0.2, 0.25) is 0 Å². The summed E-state index contributed by atoms with van der Waals surface area (Å²) in [6.45, 7) is 15.9. The maximum atomic E-state index is 14.3. The van der Waals surface area contributed by atoms with Gasteiger partial charge in [-0.3, -0.25) is 9.59 Å². The van der Waals surface area contributed by atoms with Gasteiger partial charge < -0.3 is 9.84 Å². The standard InChI is InChI=1S/C31H46O4/c1-26(2)22-9-12-31(7)24(29(22,5)11-10-23(26)33)21(32)17-19-20-18-28(4,25(34)35-8)14-13-27(20,3)15-16-30(19,31)6/h17-18,22-24,33H,9-16H2,1-8H3/t22-,23+,24-,27-,28+,29+,30-,31-/m1/s1. The van der Waals surface area contributed by atoms with Crippen LogP contribution in [0.4, 0.5) is 0 Å². The first-order chi connectivity index (χ1) is 16.1. The number of aliphatic hydroxyl groups is 1. The molecule has 0 bridgehead atoms. The van der Waals surface area contributed by atoms with Gasteiger partial charge in [0.05, 0.1) is 18.6 Å². The molecular formula is C31H46O4. The van der Waals surface area contributed by atoms with Crippen LogP contribution in [0.5, 0.6) is 0 Å². The molecule has 194 valence electrons. The van der Waals surface area contributed by atoms with E-state index in [2.05, 4.69) is 47.6 Å². The summed E-state index contributed by atoms with van der Waals surface area (Å²) in [5.74, 6) is 0.400. The Balaban J connectivity index is 1.67. The van der Waals surface area contributed by atoms with Crippen LogP contribution in [0.2, 0.25) is 0 Å². The Labute approximate surface area is 212 Å². The van der Waals surface area contributed by atoms with Crippen molar-refractivity contribution < 1.29 is 19.4 Å². The number of carbonyl (C=O) groups excluding carboxylic acids is 2. The Hall–Kier alpha value is -1.42. The maximum Gasteiger partial charge on any atom is 0.315 e. The summed E-state index contributed by atoms with van der Waals surface area (Å²) in [6.07, 6.45) is 11.5. The van der Waals surface area contributed by atoms with Gasteiger partial charge in [-0.25, -0.2) is 0 Å². The Bertz CT molecular complexity index is 1040. The van der Waals surface area contributed by atoms with Gasteiger partial charge in [-0.2, -0.15) is 0 Å². The van der Waals surface area contributed by atoms with Crippen molar-refractivity contribution in [1.82, 2.24) is 0 Å². The van der Waals surface area contributed by atoms with Crippen molar-refractivity contribution >= 4 is 11.8 Å². The molecule has 3 saturated carbocycles. The number of hydrogen-bond acceptors (Lipinski definition) is 4. The summed E-state index contributed by atoms with van der Waals surface area (Å²) >= 11 is 0. The van der Waals surface area contributed by atoms with Crippen molar-refractivity contribution in [1.29, 1.82) is 0 Å². The molecular weight excluding hydrogens is 436 g/mol. The Kier molecular flexibility index (Phi) is 5.29. The second-order valence-electron chi connectivity index (χ2n) is 14.6. The third-order valence-corrected chi connectivity index (χ3v) is 12.6. The first-order valence-electron chi connectivity index (χ1n) is 13.9. The van der Waals surface area contributed by atoms with Crippen LogP contribution in [0.25, 0.3) is 0 Å². The predicted octanol–water partition coefficient (Wildman–Crippen LogP) is 6.42. The number of esters is 1. The summed E-state index contributed by atoms with van der Waals surface area (Å²) < 4.78 is 5.20. The van der Waals surface area contributed by atoms with Gasteiger partial charge in [-0.05, 0) is 109 Å². The normalized spacial score (nSPS) is 50.5. The molecule has 0 aromatic rings. The minimum absolute atomic E-state index is 0.000392. The molecule has 5 aliphatic rings. The number of ether oxygens (including phenoxy) is 1. The van der Waals surface area contributed by atoms with Crippen LogP contribution in [0.15, 0.2) is 23.3 Å². The van der Waals surface area contributed by atoms with Gasteiger partial charge in [0.15, 0.2) is 5.78 Å². The van der Waals surface area contributed by atoms with Gasteiger partial charge in [0.25, 0.3) is 0 Å². The highest BCUT2D eigenvalue weighted by Gasteiger charge is 2.69. The monoisotopic (exact) mass is 482 g/mol. The van der Waals surface area contributed by atoms with Gasteiger partial charge in [0, 0.05) is 5.92 Å². The SMILES string of the molecule is COC(=O)[C@]1(C)C=C2C3=CC(=O)[C@@H]4[C@@]5(C)CC[C@H](O)C(C)(C)[C@H]5CC[C@@]4(C)[C@]3(C)CC[C@@]2(C)CC1. The molecule has 0 radical (unpaired) electrons. The summed E-state index contributed by atoms with van der Waals surface area (Å²) in [5, 5.41) is 10.9. The minimum atomic E-state index is -0.642. The van der Waals surface area contributed by atoms with Gasteiger partial charge in [-0.15, -0.1) is 0 Å². The number of allylic oxidation sites excluding steroid dienone is 3. The second-order valence-corrected chi connectivity index (χ2v) is 14.6. The van der Waals surface area contributed by atoms with Crippen LogP contribution in [-0.2, 0) is 14.3 Å². The van der Waals surface area contributed by atoms with Crippen LogP contribution < -0.4 is 0 Å². The van der Waals surface area contributed by atoms with E-state index >= 15 is 0 Å². The highest BCUT2D eigenvalue weighted by Crippen LogP contribution is 2.74. The fourth-order valence-corrected chi connectivity index (χ4v) is 9.98. The molecule has 0 amide bonds. The average molecular weight is 483 g/mol. The molecule has 0 aromatic carbocycles. The highest BCUT2D eigenvalue weighted by atomic mass is 16.5. The summed E-state index contributed by atoms with van der Waals surface area (Å²) in [7, 11) is 1.47. The van der Waals surface area contributed by atoms with E-state index in [0.29, 0.717) is 5.92 Å². The largest absolute Gasteiger partial charge is 0.468 e. The molecule has 1 N–H and O–H groups in total. The molecule has 8 atom stereocenters. The maximum absolute atomic E-state index is 14.3. The number of methoxy groups -OCH3 is 1. The van der Waals surface area contributed by atoms with Crippen LogP contribution >= 0.6 is 0 Å². The fourth-order valence-electron chi connectivity index (χ4n) is 9.98. The lowest BCUT2D eigenvalue weighted by Crippen LogP contribution is -2.65. The van der Waals surface area contributed by atoms with Crippen molar-refractivity contribution in [3.63, 3.8) is 0 Å².